The number of benzene rings is 2. The maximum atomic E-state index is 10.7. The topological polar surface area (TPSA) is 61.6 Å². The molecule has 0 unspecified atom stereocenters. The summed E-state index contributed by atoms with van der Waals surface area (Å²) in [5.41, 5.74) is 8.36. The second-order valence-electron chi connectivity index (χ2n) is 4.50. The summed E-state index contributed by atoms with van der Waals surface area (Å²) in [6, 6.07) is 11.6. The van der Waals surface area contributed by atoms with Crippen molar-refractivity contribution in [3.63, 3.8) is 0 Å². The molecule has 5 heteroatoms. The van der Waals surface area contributed by atoms with Crippen molar-refractivity contribution in [1.82, 2.24) is 0 Å². The van der Waals surface area contributed by atoms with Crippen LogP contribution in [0, 0.1) is 0 Å². The summed E-state index contributed by atoms with van der Waals surface area (Å²) in [4.78, 5) is 10.7. The van der Waals surface area contributed by atoms with Gasteiger partial charge in [-0.2, -0.15) is 0 Å². The Morgan fingerprint density at radius 2 is 2.10 bits per heavy atom. The number of halogens is 1. The Balaban J connectivity index is 1.96. The molecule has 0 fully saturated rings. The fourth-order valence-electron chi connectivity index (χ4n) is 2.17. The van der Waals surface area contributed by atoms with Gasteiger partial charge in [-0.3, -0.25) is 4.79 Å². The molecule has 1 aliphatic rings. The number of hydrogen-bond acceptors (Lipinski definition) is 3. The third kappa shape index (κ3) is 2.49. The molecule has 4 nitrogen and oxygen atoms in total. The van der Waals surface area contributed by atoms with E-state index in [0.29, 0.717) is 12.4 Å². The Hall–Kier alpha value is -2.01. The molecule has 2 aromatic rings. The molecule has 0 aromatic heterocycles. The summed E-state index contributed by atoms with van der Waals surface area (Å²) in [6.07, 6.45) is 0. The molecule has 1 amide bonds. The van der Waals surface area contributed by atoms with Gasteiger partial charge in [0.1, 0.15) is 18.1 Å². The number of carbonyl (C=O) groups is 1. The fourth-order valence-corrected chi connectivity index (χ4v) is 2.53. The molecule has 20 heavy (non-hydrogen) atoms. The molecule has 0 atom stereocenters. The lowest BCUT2D eigenvalue weighted by atomic mass is 9.97. The van der Waals surface area contributed by atoms with E-state index in [0.717, 1.165) is 26.9 Å². The number of ether oxygens (including phenoxy) is 2. The van der Waals surface area contributed by atoms with Crippen LogP contribution in [0.5, 0.6) is 11.5 Å². The van der Waals surface area contributed by atoms with Crippen LogP contribution in [0.25, 0.3) is 11.1 Å². The minimum Gasteiger partial charge on any atom is -0.488 e. The number of amides is 1. The summed E-state index contributed by atoms with van der Waals surface area (Å²) in [5.74, 6) is 0.816. The van der Waals surface area contributed by atoms with E-state index >= 15 is 0 Å². The second kappa shape index (κ2) is 5.17. The van der Waals surface area contributed by atoms with Crippen molar-refractivity contribution in [2.75, 3.05) is 6.61 Å². The third-order valence-electron chi connectivity index (χ3n) is 3.08. The molecule has 0 bridgehead atoms. The van der Waals surface area contributed by atoms with Gasteiger partial charge in [0.25, 0.3) is 5.91 Å². The Bertz CT molecular complexity index is 685. The second-order valence-corrected chi connectivity index (χ2v) is 5.42. The molecule has 0 saturated carbocycles. The van der Waals surface area contributed by atoms with E-state index in [1.165, 1.54) is 0 Å². The summed E-state index contributed by atoms with van der Waals surface area (Å²) >= 11 is 3.48. The van der Waals surface area contributed by atoms with Crippen LogP contribution < -0.4 is 15.2 Å². The molecule has 0 saturated heterocycles. The van der Waals surface area contributed by atoms with Gasteiger partial charge in [-0.1, -0.05) is 22.0 Å². The predicted molar refractivity (Wildman–Crippen MR) is 78.6 cm³/mol. The summed E-state index contributed by atoms with van der Waals surface area (Å²) in [7, 11) is 0. The number of nitrogens with two attached hydrogens (primary N) is 1. The molecular weight excluding hydrogens is 322 g/mol. The van der Waals surface area contributed by atoms with Gasteiger partial charge in [0.2, 0.25) is 0 Å². The van der Waals surface area contributed by atoms with Gasteiger partial charge in [0, 0.05) is 16.1 Å². The van der Waals surface area contributed by atoms with E-state index in [4.69, 9.17) is 15.2 Å². The Morgan fingerprint density at radius 1 is 1.25 bits per heavy atom. The van der Waals surface area contributed by atoms with Crippen LogP contribution in [0.1, 0.15) is 5.56 Å². The molecular formula is C15H12BrNO3. The molecule has 0 radical (unpaired) electrons. The van der Waals surface area contributed by atoms with Gasteiger partial charge < -0.3 is 15.2 Å². The average Bonchev–Trinajstić information content (AvgIpc) is 2.44. The van der Waals surface area contributed by atoms with Gasteiger partial charge in [0.05, 0.1) is 0 Å². The molecule has 0 aliphatic carbocycles. The Kier molecular flexibility index (Phi) is 3.36. The summed E-state index contributed by atoms with van der Waals surface area (Å²) < 4.78 is 12.0. The van der Waals surface area contributed by atoms with Gasteiger partial charge in [-0.25, -0.2) is 0 Å². The molecule has 3 rings (SSSR count). The minimum absolute atomic E-state index is 0.138. The SMILES string of the molecule is NC(=O)COc1ccc2c(c1)OCc1ccc(Br)cc1-2. The van der Waals surface area contributed by atoms with Crippen molar-refractivity contribution in [2.24, 2.45) is 5.73 Å². The fraction of sp³-hybridized carbons (Fsp3) is 0.133. The van der Waals surface area contributed by atoms with Crippen molar-refractivity contribution >= 4 is 21.8 Å². The highest BCUT2D eigenvalue weighted by atomic mass is 79.9. The maximum absolute atomic E-state index is 10.7. The lowest BCUT2D eigenvalue weighted by Gasteiger charge is -2.21. The van der Waals surface area contributed by atoms with Crippen molar-refractivity contribution in [1.29, 1.82) is 0 Å². The molecule has 2 N–H and O–H groups in total. The van der Waals surface area contributed by atoms with E-state index in [2.05, 4.69) is 22.0 Å². The summed E-state index contributed by atoms with van der Waals surface area (Å²) in [5, 5.41) is 0. The van der Waals surface area contributed by atoms with Gasteiger partial charge in [-0.15, -0.1) is 0 Å². The van der Waals surface area contributed by atoms with Crippen LogP contribution in [-0.2, 0) is 11.4 Å². The van der Waals surface area contributed by atoms with Crippen LogP contribution in [0.2, 0.25) is 0 Å². The van der Waals surface area contributed by atoms with Crippen LogP contribution in [-0.4, -0.2) is 12.5 Å². The van der Waals surface area contributed by atoms with Crippen molar-refractivity contribution in [2.45, 2.75) is 6.61 Å². The van der Waals surface area contributed by atoms with Crippen LogP contribution in [0.4, 0.5) is 0 Å². The van der Waals surface area contributed by atoms with Crippen molar-refractivity contribution in [3.05, 3.63) is 46.4 Å². The highest BCUT2D eigenvalue weighted by Gasteiger charge is 2.18. The van der Waals surface area contributed by atoms with E-state index in [1.54, 1.807) is 12.1 Å². The van der Waals surface area contributed by atoms with E-state index in [-0.39, 0.29) is 6.61 Å². The van der Waals surface area contributed by atoms with Crippen molar-refractivity contribution in [3.8, 4) is 22.6 Å². The zero-order valence-corrected chi connectivity index (χ0v) is 12.1. The van der Waals surface area contributed by atoms with Gasteiger partial charge in [0.15, 0.2) is 6.61 Å². The lowest BCUT2D eigenvalue weighted by molar-refractivity contribution is -0.119. The standard InChI is InChI=1S/C15H12BrNO3/c16-10-2-1-9-7-20-14-6-11(19-8-15(17)18)3-4-12(14)13(9)5-10/h1-6H,7-8H2,(H2,17,18). The van der Waals surface area contributed by atoms with E-state index in [9.17, 15) is 4.79 Å². The molecule has 0 spiro atoms. The normalized spacial score (nSPS) is 12.1. The van der Waals surface area contributed by atoms with E-state index < -0.39 is 5.91 Å². The zero-order chi connectivity index (χ0) is 14.1. The lowest BCUT2D eigenvalue weighted by Crippen LogP contribution is -2.20. The molecule has 102 valence electrons. The van der Waals surface area contributed by atoms with Crippen molar-refractivity contribution < 1.29 is 14.3 Å². The Morgan fingerprint density at radius 3 is 2.90 bits per heavy atom. The first kappa shape index (κ1) is 13.0. The molecule has 1 heterocycles. The quantitative estimate of drug-likeness (QED) is 0.939. The zero-order valence-electron chi connectivity index (χ0n) is 10.6. The summed E-state index contributed by atoms with van der Waals surface area (Å²) in [6.45, 7) is 0.385. The average molecular weight is 334 g/mol. The van der Waals surface area contributed by atoms with Crippen LogP contribution >= 0.6 is 15.9 Å². The smallest absolute Gasteiger partial charge is 0.255 e. The van der Waals surface area contributed by atoms with Gasteiger partial charge in [-0.05, 0) is 35.4 Å². The Labute approximate surface area is 124 Å². The highest BCUT2D eigenvalue weighted by molar-refractivity contribution is 9.10. The van der Waals surface area contributed by atoms with Crippen LogP contribution in [0.15, 0.2) is 40.9 Å². The number of carbonyl (C=O) groups excluding carboxylic acids is 1. The van der Waals surface area contributed by atoms with Gasteiger partial charge >= 0.3 is 0 Å². The first-order valence-electron chi connectivity index (χ1n) is 6.10. The largest absolute Gasteiger partial charge is 0.488 e. The predicted octanol–water partition coefficient (Wildman–Crippen LogP) is 2.87. The van der Waals surface area contributed by atoms with E-state index in [1.807, 2.05) is 18.2 Å². The molecule has 2 aromatic carbocycles. The highest BCUT2D eigenvalue weighted by Crippen LogP contribution is 2.40. The number of hydrogen-bond donors (Lipinski definition) is 1. The monoisotopic (exact) mass is 333 g/mol. The van der Waals surface area contributed by atoms with Crippen LogP contribution in [0.3, 0.4) is 0 Å². The maximum Gasteiger partial charge on any atom is 0.255 e. The molecule has 1 aliphatic heterocycles. The first-order chi connectivity index (χ1) is 9.63. The number of rotatable bonds is 3. The minimum atomic E-state index is -0.502. The number of primary amides is 1. The third-order valence-corrected chi connectivity index (χ3v) is 3.57. The number of fused-ring (bicyclic) bond motifs is 3. The first-order valence-corrected chi connectivity index (χ1v) is 6.89.